The van der Waals surface area contributed by atoms with E-state index in [-0.39, 0.29) is 30.5 Å². The highest BCUT2D eigenvalue weighted by Crippen LogP contribution is 2.51. The lowest BCUT2D eigenvalue weighted by Gasteiger charge is -2.16. The number of hydrogen-bond donors (Lipinski definition) is 2. The summed E-state index contributed by atoms with van der Waals surface area (Å²) in [6.07, 6.45) is -0.787. The van der Waals surface area contributed by atoms with Crippen LogP contribution in [-0.4, -0.2) is 23.0 Å². The van der Waals surface area contributed by atoms with Gasteiger partial charge in [-0.3, -0.25) is 9.13 Å². The Morgan fingerprint density at radius 3 is 1.33 bits per heavy atom. The van der Waals surface area contributed by atoms with E-state index in [2.05, 4.69) is 0 Å². The molecule has 168 valence electrons. The lowest BCUT2D eigenvalue weighted by molar-refractivity contribution is 0.219. The van der Waals surface area contributed by atoms with Crippen LogP contribution >= 0.6 is 15.2 Å². The van der Waals surface area contributed by atoms with Crippen LogP contribution in [0.2, 0.25) is 0 Å². The molecule has 2 aromatic rings. The van der Waals surface area contributed by atoms with E-state index < -0.39 is 44.6 Å². The molecule has 2 N–H and O–H groups in total. The van der Waals surface area contributed by atoms with Gasteiger partial charge < -0.3 is 18.8 Å². The minimum atomic E-state index is -4.26. The standard InChI is InChI=1S/C11H15F2O3P.C7H7F2O3P/c1-3-15-17(14,16-4-2)8-9-5-10(12)7-11(13)6-9;8-6-1-5(2-7(9)3-6)4-13(10,11)12/h5-7H,3-4,8H2,1-2H3;1-3H,4H2,(H2,10,11,12). The third-order valence-corrected chi connectivity index (χ3v) is 6.09. The fourth-order valence-electron chi connectivity index (χ4n) is 2.39. The predicted molar refractivity (Wildman–Crippen MR) is 103 cm³/mol. The van der Waals surface area contributed by atoms with E-state index in [4.69, 9.17) is 18.8 Å². The summed E-state index contributed by atoms with van der Waals surface area (Å²) in [5, 5.41) is 0. The molecule has 0 bridgehead atoms. The molecule has 0 radical (unpaired) electrons. The molecule has 12 heteroatoms. The normalized spacial score (nSPS) is 11.7. The zero-order valence-corrected chi connectivity index (χ0v) is 18.0. The van der Waals surface area contributed by atoms with Gasteiger partial charge in [-0.15, -0.1) is 0 Å². The van der Waals surface area contributed by atoms with Gasteiger partial charge in [0.05, 0.1) is 25.5 Å². The molecule has 0 atom stereocenters. The van der Waals surface area contributed by atoms with Crippen molar-refractivity contribution in [3.8, 4) is 0 Å². The van der Waals surface area contributed by atoms with E-state index in [0.717, 1.165) is 30.3 Å². The highest BCUT2D eigenvalue weighted by atomic mass is 31.2. The maximum absolute atomic E-state index is 13.0. The van der Waals surface area contributed by atoms with Gasteiger partial charge in [-0.05, 0) is 49.2 Å². The molecule has 0 aliphatic carbocycles. The van der Waals surface area contributed by atoms with Crippen molar-refractivity contribution < 1.29 is 45.5 Å². The first-order chi connectivity index (χ1) is 13.9. The Bertz CT molecular complexity index is 884. The third kappa shape index (κ3) is 10.5. The molecule has 0 saturated carbocycles. The second-order valence-corrected chi connectivity index (χ2v) is 9.68. The van der Waals surface area contributed by atoms with Crippen LogP contribution in [0.4, 0.5) is 17.6 Å². The van der Waals surface area contributed by atoms with Gasteiger partial charge in [-0.1, -0.05) is 0 Å². The molecular weight excluding hydrogens is 450 g/mol. The molecule has 0 fully saturated rings. The molecule has 0 aliphatic rings. The Hall–Kier alpha value is -1.54. The average Bonchev–Trinajstić information content (AvgIpc) is 2.51. The van der Waals surface area contributed by atoms with Crippen LogP contribution in [-0.2, 0) is 30.5 Å². The SMILES string of the molecule is CCOP(=O)(Cc1cc(F)cc(F)c1)OCC.O=P(O)(O)Cc1cc(F)cc(F)c1. The fourth-order valence-corrected chi connectivity index (χ4v) is 4.72. The maximum atomic E-state index is 13.0. The summed E-state index contributed by atoms with van der Waals surface area (Å²) < 4.78 is 83.6. The largest absolute Gasteiger partial charge is 0.335 e. The van der Waals surface area contributed by atoms with Gasteiger partial charge >= 0.3 is 15.2 Å². The second-order valence-electron chi connectivity index (χ2n) is 5.98. The molecule has 0 heterocycles. The highest BCUT2D eigenvalue weighted by Gasteiger charge is 2.24. The molecule has 30 heavy (non-hydrogen) atoms. The van der Waals surface area contributed by atoms with Crippen molar-refractivity contribution in [1.82, 2.24) is 0 Å². The van der Waals surface area contributed by atoms with Gasteiger partial charge in [0, 0.05) is 12.1 Å². The molecule has 6 nitrogen and oxygen atoms in total. The second kappa shape index (κ2) is 11.7. The molecule has 0 unspecified atom stereocenters. The van der Waals surface area contributed by atoms with Crippen LogP contribution in [0.5, 0.6) is 0 Å². The lowest BCUT2D eigenvalue weighted by Crippen LogP contribution is -2.00. The summed E-state index contributed by atoms with van der Waals surface area (Å²) in [7, 11) is -7.57. The van der Waals surface area contributed by atoms with E-state index in [0.29, 0.717) is 6.07 Å². The van der Waals surface area contributed by atoms with E-state index in [1.54, 1.807) is 13.8 Å². The Kier molecular flexibility index (Phi) is 10.4. The van der Waals surface area contributed by atoms with Crippen molar-refractivity contribution in [2.75, 3.05) is 13.2 Å². The Labute approximate surface area is 171 Å². The minimum absolute atomic E-state index is 0.0502. The summed E-state index contributed by atoms with van der Waals surface area (Å²) in [5.41, 5.74) is 0.207. The zero-order chi connectivity index (χ0) is 22.9. The number of benzene rings is 2. The van der Waals surface area contributed by atoms with E-state index in [9.17, 15) is 26.7 Å². The monoisotopic (exact) mass is 472 g/mol. The van der Waals surface area contributed by atoms with Gasteiger partial charge in [0.25, 0.3) is 0 Å². The van der Waals surface area contributed by atoms with Crippen LogP contribution in [0.15, 0.2) is 36.4 Å². The first-order valence-electron chi connectivity index (χ1n) is 8.68. The summed E-state index contributed by atoms with van der Waals surface area (Å²) in [6.45, 7) is 3.79. The summed E-state index contributed by atoms with van der Waals surface area (Å²) >= 11 is 0. The average molecular weight is 472 g/mol. The summed E-state index contributed by atoms with van der Waals surface area (Å²) in [5.74, 6) is -3.11. The molecule has 0 aromatic heterocycles. The van der Waals surface area contributed by atoms with Crippen molar-refractivity contribution in [1.29, 1.82) is 0 Å². The number of hydrogen-bond acceptors (Lipinski definition) is 4. The van der Waals surface area contributed by atoms with E-state index in [1.807, 2.05) is 0 Å². The topological polar surface area (TPSA) is 93.1 Å². The summed E-state index contributed by atoms with van der Waals surface area (Å²) in [4.78, 5) is 17.0. The smallest absolute Gasteiger partial charge is 0.324 e. The first kappa shape index (κ1) is 26.5. The van der Waals surface area contributed by atoms with E-state index >= 15 is 0 Å². The molecule has 2 aromatic carbocycles. The van der Waals surface area contributed by atoms with Crippen molar-refractivity contribution >= 4 is 15.2 Å². The molecule has 2 rings (SSSR count). The predicted octanol–water partition coefficient (Wildman–Crippen LogP) is 5.37. The van der Waals surface area contributed by atoms with Crippen LogP contribution in [0, 0.1) is 23.3 Å². The first-order valence-corrected chi connectivity index (χ1v) is 12.2. The fraction of sp³-hybridized carbons (Fsp3) is 0.333. The Balaban J connectivity index is 0.000000311. The molecule has 0 aliphatic heterocycles. The number of halogens is 4. The number of rotatable bonds is 8. The Morgan fingerprint density at radius 2 is 1.03 bits per heavy atom. The van der Waals surface area contributed by atoms with Crippen LogP contribution in [0.25, 0.3) is 0 Å². The summed E-state index contributed by atoms with van der Waals surface area (Å²) in [6, 6.07) is 5.42. The van der Waals surface area contributed by atoms with Gasteiger partial charge in [0.2, 0.25) is 0 Å². The molecular formula is C18H22F4O6P2. The van der Waals surface area contributed by atoms with Crippen LogP contribution in [0.1, 0.15) is 25.0 Å². The zero-order valence-electron chi connectivity index (χ0n) is 16.2. The Morgan fingerprint density at radius 1 is 0.700 bits per heavy atom. The van der Waals surface area contributed by atoms with Gasteiger partial charge in [0.1, 0.15) is 23.3 Å². The van der Waals surface area contributed by atoms with Crippen molar-refractivity contribution in [3.63, 3.8) is 0 Å². The molecule has 0 spiro atoms. The molecule has 0 amide bonds. The van der Waals surface area contributed by atoms with E-state index in [1.165, 1.54) is 0 Å². The van der Waals surface area contributed by atoms with Crippen LogP contribution in [0.3, 0.4) is 0 Å². The van der Waals surface area contributed by atoms with Crippen molar-refractivity contribution in [2.45, 2.75) is 26.2 Å². The highest BCUT2D eigenvalue weighted by molar-refractivity contribution is 7.53. The van der Waals surface area contributed by atoms with Crippen molar-refractivity contribution in [2.24, 2.45) is 0 Å². The molecule has 0 saturated heterocycles. The van der Waals surface area contributed by atoms with Gasteiger partial charge in [-0.25, -0.2) is 17.6 Å². The lowest BCUT2D eigenvalue weighted by atomic mass is 10.2. The van der Waals surface area contributed by atoms with Gasteiger partial charge in [-0.2, -0.15) is 0 Å². The minimum Gasteiger partial charge on any atom is -0.324 e. The van der Waals surface area contributed by atoms with Crippen LogP contribution < -0.4 is 0 Å². The maximum Gasteiger partial charge on any atom is 0.335 e. The van der Waals surface area contributed by atoms with Gasteiger partial charge in [0.15, 0.2) is 0 Å². The quantitative estimate of drug-likeness (QED) is 0.396. The van der Waals surface area contributed by atoms with Crippen molar-refractivity contribution in [3.05, 3.63) is 70.8 Å². The third-order valence-electron chi connectivity index (χ3n) is 3.26.